The number of aromatic nitrogens is 1. The Morgan fingerprint density at radius 3 is 2.63 bits per heavy atom. The maximum absolute atomic E-state index is 13.6. The molecule has 0 spiro atoms. The lowest BCUT2D eigenvalue weighted by Crippen LogP contribution is -2.51. The molecule has 1 aromatic heterocycles. The van der Waals surface area contributed by atoms with Crippen LogP contribution in [0.1, 0.15) is 44.2 Å². The van der Waals surface area contributed by atoms with Crippen LogP contribution in [0.25, 0.3) is 0 Å². The van der Waals surface area contributed by atoms with E-state index in [1.54, 1.807) is 41.6 Å². The van der Waals surface area contributed by atoms with Crippen molar-refractivity contribution in [1.29, 1.82) is 0 Å². The zero-order valence-corrected chi connectivity index (χ0v) is 21.4. The first-order chi connectivity index (χ1) is 16.7. The van der Waals surface area contributed by atoms with Gasteiger partial charge in [0.1, 0.15) is 10.9 Å². The van der Waals surface area contributed by atoms with Gasteiger partial charge in [0.2, 0.25) is 15.9 Å². The summed E-state index contributed by atoms with van der Waals surface area (Å²) in [5, 5.41) is 12.5. The van der Waals surface area contributed by atoms with E-state index in [0.29, 0.717) is 31.2 Å². The number of sulfonamides is 1. The number of likely N-dealkylation sites (tertiary alicyclic amines) is 1. The smallest absolute Gasteiger partial charge is 0.243 e. The molecule has 0 radical (unpaired) electrons. The molecule has 3 heterocycles. The van der Waals surface area contributed by atoms with Gasteiger partial charge in [-0.05, 0) is 72.8 Å². The van der Waals surface area contributed by atoms with E-state index >= 15 is 0 Å². The number of anilines is 1. The average Bonchev–Trinajstić information content (AvgIpc) is 2.83. The third-order valence-corrected chi connectivity index (χ3v) is 8.58. The topological polar surface area (TPSA) is 112 Å². The maximum Gasteiger partial charge on any atom is 0.243 e. The van der Waals surface area contributed by atoms with Gasteiger partial charge in [-0.3, -0.25) is 9.78 Å². The first-order valence-electron chi connectivity index (χ1n) is 12.4. The van der Waals surface area contributed by atoms with E-state index in [0.717, 1.165) is 36.8 Å². The number of piperidine rings is 1. The lowest BCUT2D eigenvalue weighted by Gasteiger charge is -2.35. The van der Waals surface area contributed by atoms with Crippen molar-refractivity contribution in [1.82, 2.24) is 14.6 Å². The minimum Gasteiger partial charge on any atom is -0.396 e. The zero-order chi connectivity index (χ0) is 25.1. The van der Waals surface area contributed by atoms with Gasteiger partial charge in [-0.15, -0.1) is 0 Å². The third-order valence-electron chi connectivity index (χ3n) is 7.06. The summed E-state index contributed by atoms with van der Waals surface area (Å²) in [7, 11) is -3.97. The molecule has 2 aromatic rings. The molecule has 1 fully saturated rings. The lowest BCUT2D eigenvalue weighted by atomic mass is 9.82. The molecule has 1 amide bonds. The standard InChI is InChI=1S/C26H36N4O4S/c1-26(2)17-21-4-3-5-23(24(21)28-18-26)35(33,34)29-22(16-20-6-11-27-12-7-20)25(32)30-13-8-19(9-14-30)10-15-31/h3-7,11-12,19,22,28-29,31H,8-10,13-18H2,1-2H3. The highest BCUT2D eigenvalue weighted by Crippen LogP contribution is 2.36. The molecule has 0 saturated carbocycles. The molecule has 8 nitrogen and oxygen atoms in total. The van der Waals surface area contributed by atoms with Gasteiger partial charge in [0.15, 0.2) is 0 Å². The lowest BCUT2D eigenvalue weighted by molar-refractivity contribution is -0.134. The number of pyridine rings is 1. The summed E-state index contributed by atoms with van der Waals surface area (Å²) < 4.78 is 30.0. The number of hydrogen-bond donors (Lipinski definition) is 3. The quantitative estimate of drug-likeness (QED) is 0.514. The van der Waals surface area contributed by atoms with Crippen molar-refractivity contribution in [2.45, 2.75) is 56.9 Å². The van der Waals surface area contributed by atoms with Crippen LogP contribution in [0.3, 0.4) is 0 Å². The number of benzene rings is 1. The van der Waals surface area contributed by atoms with E-state index in [-0.39, 0.29) is 29.2 Å². The second-order valence-electron chi connectivity index (χ2n) is 10.5. The highest BCUT2D eigenvalue weighted by atomic mass is 32.2. The summed E-state index contributed by atoms with van der Waals surface area (Å²) in [5.74, 6) is 0.178. The number of amides is 1. The monoisotopic (exact) mass is 500 g/mol. The first-order valence-corrected chi connectivity index (χ1v) is 13.8. The summed E-state index contributed by atoms with van der Waals surface area (Å²) >= 11 is 0. The number of hydrogen-bond acceptors (Lipinski definition) is 6. The van der Waals surface area contributed by atoms with Crippen molar-refractivity contribution in [2.24, 2.45) is 11.3 Å². The molecule has 35 heavy (non-hydrogen) atoms. The Hall–Kier alpha value is -2.49. The molecule has 9 heteroatoms. The molecule has 1 saturated heterocycles. The van der Waals surface area contributed by atoms with Crippen molar-refractivity contribution < 1.29 is 18.3 Å². The van der Waals surface area contributed by atoms with Crippen molar-refractivity contribution in [3.05, 3.63) is 53.9 Å². The van der Waals surface area contributed by atoms with Crippen molar-refractivity contribution in [2.75, 3.05) is 31.6 Å². The van der Waals surface area contributed by atoms with Crippen LogP contribution < -0.4 is 10.0 Å². The molecule has 3 N–H and O–H groups in total. The molecule has 2 aliphatic heterocycles. The molecule has 2 aliphatic rings. The number of nitrogens with one attached hydrogen (secondary N) is 2. The molecule has 190 valence electrons. The Kier molecular flexibility index (Phi) is 7.78. The largest absolute Gasteiger partial charge is 0.396 e. The van der Waals surface area contributed by atoms with Crippen LogP contribution in [-0.4, -0.2) is 61.6 Å². The van der Waals surface area contributed by atoms with Gasteiger partial charge in [-0.2, -0.15) is 4.72 Å². The second kappa shape index (κ2) is 10.6. The molecular formula is C26H36N4O4S. The van der Waals surface area contributed by atoms with Crippen molar-refractivity contribution in [3.63, 3.8) is 0 Å². The average molecular weight is 501 g/mol. The van der Waals surface area contributed by atoms with Gasteiger partial charge in [0.25, 0.3) is 0 Å². The van der Waals surface area contributed by atoms with Gasteiger partial charge in [0, 0.05) is 38.6 Å². The minimum absolute atomic E-state index is 0.0325. The predicted molar refractivity (Wildman–Crippen MR) is 135 cm³/mol. The number of aliphatic hydroxyl groups is 1. The number of carbonyl (C=O) groups is 1. The van der Waals surface area contributed by atoms with Crippen LogP contribution in [-0.2, 0) is 27.7 Å². The molecular weight excluding hydrogens is 464 g/mol. The Bertz CT molecular complexity index is 1130. The van der Waals surface area contributed by atoms with Crippen LogP contribution >= 0.6 is 0 Å². The zero-order valence-electron chi connectivity index (χ0n) is 20.5. The molecule has 0 aliphatic carbocycles. The number of carbonyl (C=O) groups excluding carboxylic acids is 1. The molecule has 1 unspecified atom stereocenters. The second-order valence-corrected chi connectivity index (χ2v) is 12.2. The molecule has 4 rings (SSSR count). The van der Waals surface area contributed by atoms with Crippen molar-refractivity contribution >= 4 is 21.6 Å². The number of rotatable bonds is 8. The minimum atomic E-state index is -3.97. The first kappa shape index (κ1) is 25.6. The molecule has 0 bridgehead atoms. The summed E-state index contributed by atoms with van der Waals surface area (Å²) in [4.78, 5) is 19.5. The van der Waals surface area contributed by atoms with Gasteiger partial charge in [-0.1, -0.05) is 26.0 Å². The van der Waals surface area contributed by atoms with Gasteiger partial charge < -0.3 is 15.3 Å². The van der Waals surface area contributed by atoms with E-state index < -0.39 is 16.1 Å². The fourth-order valence-electron chi connectivity index (χ4n) is 5.08. The summed E-state index contributed by atoms with van der Waals surface area (Å²) in [5.41, 5.74) is 2.46. The molecule has 1 atom stereocenters. The van der Waals surface area contributed by atoms with Gasteiger partial charge in [0.05, 0.1) is 5.69 Å². The summed E-state index contributed by atoms with van der Waals surface area (Å²) in [6, 6.07) is 8.00. The normalized spacial score (nSPS) is 19.0. The van der Waals surface area contributed by atoms with Crippen LogP contribution in [0, 0.1) is 11.3 Å². The maximum atomic E-state index is 13.6. The SMILES string of the molecule is CC1(C)CNc2c(cccc2S(=O)(=O)NC(Cc2ccncc2)C(=O)N2CCC(CCO)CC2)C1. The van der Waals surface area contributed by atoms with Crippen LogP contribution in [0.2, 0.25) is 0 Å². The van der Waals surface area contributed by atoms with E-state index in [4.69, 9.17) is 0 Å². The van der Waals surface area contributed by atoms with Crippen LogP contribution in [0.5, 0.6) is 0 Å². The molecule has 1 aromatic carbocycles. The van der Waals surface area contributed by atoms with E-state index in [9.17, 15) is 18.3 Å². The van der Waals surface area contributed by atoms with E-state index in [1.807, 2.05) is 6.07 Å². The highest BCUT2D eigenvalue weighted by molar-refractivity contribution is 7.89. The predicted octanol–water partition coefficient (Wildman–Crippen LogP) is 2.59. The van der Waals surface area contributed by atoms with E-state index in [1.165, 1.54) is 0 Å². The number of para-hydroxylation sites is 1. The number of nitrogens with zero attached hydrogens (tertiary/aromatic N) is 2. The Balaban J connectivity index is 1.58. The fourth-order valence-corrected chi connectivity index (χ4v) is 6.50. The number of aliphatic hydroxyl groups excluding tert-OH is 1. The van der Waals surface area contributed by atoms with Crippen LogP contribution in [0.15, 0.2) is 47.6 Å². The third kappa shape index (κ3) is 6.20. The van der Waals surface area contributed by atoms with Gasteiger partial charge in [-0.25, -0.2) is 8.42 Å². The summed E-state index contributed by atoms with van der Waals surface area (Å²) in [6.45, 7) is 6.25. The Labute approximate surface area is 208 Å². The Morgan fingerprint density at radius 2 is 1.94 bits per heavy atom. The van der Waals surface area contributed by atoms with E-state index in [2.05, 4.69) is 28.9 Å². The van der Waals surface area contributed by atoms with Crippen molar-refractivity contribution in [3.8, 4) is 0 Å². The van der Waals surface area contributed by atoms with Gasteiger partial charge >= 0.3 is 0 Å². The number of fused-ring (bicyclic) bond motifs is 1. The van der Waals surface area contributed by atoms with Crippen LogP contribution in [0.4, 0.5) is 5.69 Å². The Morgan fingerprint density at radius 1 is 1.23 bits per heavy atom. The fraction of sp³-hybridized carbons (Fsp3) is 0.538. The summed E-state index contributed by atoms with van der Waals surface area (Å²) in [6.07, 6.45) is 6.67. The highest BCUT2D eigenvalue weighted by Gasteiger charge is 2.34.